The van der Waals surface area contributed by atoms with Gasteiger partial charge in [0, 0.05) is 5.69 Å². The summed E-state index contributed by atoms with van der Waals surface area (Å²) in [6, 6.07) is 13.4. The molecular weight excluding hydrogens is 284 g/mol. The number of benzene rings is 2. The quantitative estimate of drug-likeness (QED) is 0.879. The van der Waals surface area contributed by atoms with Crippen molar-refractivity contribution in [3.05, 3.63) is 58.6 Å². The predicted molar refractivity (Wildman–Crippen MR) is 87.0 cm³/mol. The summed E-state index contributed by atoms with van der Waals surface area (Å²) < 4.78 is 0. The van der Waals surface area contributed by atoms with Crippen LogP contribution in [0.4, 0.5) is 11.4 Å². The Kier molecular flexibility index (Phi) is 3.84. The summed E-state index contributed by atoms with van der Waals surface area (Å²) in [7, 11) is 0. The Morgan fingerprint density at radius 3 is 2.81 bits per heavy atom. The number of amides is 1. The number of rotatable bonds is 2. The number of fused-ring (bicyclic) bond motifs is 1. The molecule has 0 aliphatic carbocycles. The third-order valence-corrected chi connectivity index (χ3v) is 4.15. The van der Waals surface area contributed by atoms with Crippen LogP contribution in [0.3, 0.4) is 0 Å². The molecule has 0 saturated carbocycles. The van der Waals surface area contributed by atoms with Crippen LogP contribution in [0, 0.1) is 6.92 Å². The topological polar surface area (TPSA) is 41.1 Å². The van der Waals surface area contributed by atoms with Gasteiger partial charge in [-0.05, 0) is 43.0 Å². The summed E-state index contributed by atoms with van der Waals surface area (Å²) >= 11 is 6.23. The van der Waals surface area contributed by atoms with Crippen molar-refractivity contribution in [3.63, 3.8) is 0 Å². The molecule has 108 valence electrons. The van der Waals surface area contributed by atoms with E-state index < -0.39 is 0 Å². The van der Waals surface area contributed by atoms with Gasteiger partial charge in [-0.2, -0.15) is 0 Å². The van der Waals surface area contributed by atoms with Crippen LogP contribution in [0.25, 0.3) is 0 Å². The zero-order valence-electron chi connectivity index (χ0n) is 11.8. The Morgan fingerprint density at radius 2 is 2.00 bits per heavy atom. The Bertz CT molecular complexity index is 664. The third-order valence-electron chi connectivity index (χ3n) is 3.83. The average molecular weight is 301 g/mol. The number of nitrogens with one attached hydrogen (secondary N) is 2. The highest BCUT2D eigenvalue weighted by molar-refractivity contribution is 6.33. The monoisotopic (exact) mass is 300 g/mol. The van der Waals surface area contributed by atoms with E-state index in [1.165, 1.54) is 5.56 Å². The molecule has 2 aromatic carbocycles. The molecule has 0 aromatic heterocycles. The minimum Gasteiger partial charge on any atom is -0.372 e. The molecule has 1 amide bonds. The van der Waals surface area contributed by atoms with Gasteiger partial charge in [-0.25, -0.2) is 0 Å². The van der Waals surface area contributed by atoms with Gasteiger partial charge < -0.3 is 10.6 Å². The molecule has 2 N–H and O–H groups in total. The summed E-state index contributed by atoms with van der Waals surface area (Å²) in [6.07, 6.45) is 1.60. The zero-order chi connectivity index (χ0) is 14.8. The Balaban J connectivity index is 1.83. The smallest absolute Gasteiger partial charge is 0.246 e. The second-order valence-corrected chi connectivity index (χ2v) is 5.72. The van der Waals surface area contributed by atoms with Crippen molar-refractivity contribution in [1.29, 1.82) is 0 Å². The van der Waals surface area contributed by atoms with Crippen molar-refractivity contribution in [2.24, 2.45) is 0 Å². The van der Waals surface area contributed by atoms with Crippen LogP contribution in [-0.4, -0.2) is 11.9 Å². The van der Waals surface area contributed by atoms with Crippen molar-refractivity contribution in [2.45, 2.75) is 25.8 Å². The van der Waals surface area contributed by atoms with Crippen molar-refractivity contribution in [3.8, 4) is 0 Å². The number of aryl methyl sites for hydroxylation is 2. The molecule has 0 spiro atoms. The van der Waals surface area contributed by atoms with E-state index in [1.807, 2.05) is 43.3 Å². The molecule has 21 heavy (non-hydrogen) atoms. The Hall–Kier alpha value is -2.00. The van der Waals surface area contributed by atoms with Crippen LogP contribution < -0.4 is 10.6 Å². The SMILES string of the molecule is Cc1cccc(Cl)c1NC1CCc2ccccc2NC1=O. The molecule has 0 fully saturated rings. The fourth-order valence-electron chi connectivity index (χ4n) is 2.64. The molecule has 3 nitrogen and oxygen atoms in total. The molecule has 2 aromatic rings. The minimum atomic E-state index is -0.281. The van der Waals surface area contributed by atoms with Gasteiger partial charge in [-0.1, -0.05) is 41.9 Å². The lowest BCUT2D eigenvalue weighted by Crippen LogP contribution is -2.33. The number of hydrogen-bond donors (Lipinski definition) is 2. The number of carbonyl (C=O) groups is 1. The van der Waals surface area contributed by atoms with Crippen molar-refractivity contribution in [2.75, 3.05) is 10.6 Å². The van der Waals surface area contributed by atoms with E-state index in [0.717, 1.165) is 29.8 Å². The standard InChI is InChI=1S/C17H17ClN2O/c1-11-5-4-7-13(18)16(11)19-15-10-9-12-6-2-3-8-14(12)20-17(15)21/h2-8,15,19H,9-10H2,1H3,(H,20,21). The van der Waals surface area contributed by atoms with E-state index >= 15 is 0 Å². The number of carbonyl (C=O) groups excluding carboxylic acids is 1. The molecule has 1 aliphatic heterocycles. The van der Waals surface area contributed by atoms with Crippen molar-refractivity contribution < 1.29 is 4.79 Å². The average Bonchev–Trinajstić information content (AvgIpc) is 2.62. The Labute approximate surface area is 129 Å². The summed E-state index contributed by atoms with van der Waals surface area (Å²) in [5.74, 6) is -0.0146. The minimum absolute atomic E-state index is 0.0146. The first kappa shape index (κ1) is 14.0. The second kappa shape index (κ2) is 5.78. The molecule has 1 aliphatic rings. The number of halogens is 1. The summed E-state index contributed by atoms with van der Waals surface area (Å²) in [5, 5.41) is 6.93. The van der Waals surface area contributed by atoms with Crippen molar-refractivity contribution >= 4 is 28.9 Å². The van der Waals surface area contributed by atoms with Gasteiger partial charge in [0.15, 0.2) is 0 Å². The normalized spacial score (nSPS) is 17.6. The summed E-state index contributed by atoms with van der Waals surface area (Å²) in [4.78, 5) is 12.4. The highest BCUT2D eigenvalue weighted by Crippen LogP contribution is 2.28. The molecule has 3 rings (SSSR count). The number of hydrogen-bond acceptors (Lipinski definition) is 2. The molecule has 1 unspecified atom stereocenters. The van der Waals surface area contributed by atoms with E-state index in [1.54, 1.807) is 0 Å². The van der Waals surface area contributed by atoms with Crippen molar-refractivity contribution in [1.82, 2.24) is 0 Å². The zero-order valence-corrected chi connectivity index (χ0v) is 12.6. The largest absolute Gasteiger partial charge is 0.372 e. The van der Waals surface area contributed by atoms with Gasteiger partial charge in [0.2, 0.25) is 5.91 Å². The molecule has 1 atom stereocenters. The fourth-order valence-corrected chi connectivity index (χ4v) is 2.91. The highest BCUT2D eigenvalue weighted by atomic mass is 35.5. The number of anilines is 2. The van der Waals surface area contributed by atoms with Crippen LogP contribution in [0.1, 0.15) is 17.5 Å². The van der Waals surface area contributed by atoms with Crippen LogP contribution in [-0.2, 0) is 11.2 Å². The van der Waals surface area contributed by atoms with E-state index in [-0.39, 0.29) is 11.9 Å². The lowest BCUT2D eigenvalue weighted by Gasteiger charge is -2.19. The maximum Gasteiger partial charge on any atom is 0.246 e. The molecule has 0 bridgehead atoms. The van der Waals surface area contributed by atoms with E-state index in [9.17, 15) is 4.79 Å². The van der Waals surface area contributed by atoms with E-state index in [0.29, 0.717) is 5.02 Å². The van der Waals surface area contributed by atoms with Crippen LogP contribution in [0.5, 0.6) is 0 Å². The first-order valence-electron chi connectivity index (χ1n) is 7.05. The second-order valence-electron chi connectivity index (χ2n) is 5.31. The van der Waals surface area contributed by atoms with E-state index in [4.69, 9.17) is 11.6 Å². The number of para-hydroxylation sites is 2. The van der Waals surface area contributed by atoms with Crippen LogP contribution in [0.2, 0.25) is 5.02 Å². The van der Waals surface area contributed by atoms with Gasteiger partial charge >= 0.3 is 0 Å². The van der Waals surface area contributed by atoms with Gasteiger partial charge in [0.1, 0.15) is 6.04 Å². The van der Waals surface area contributed by atoms with Crippen LogP contribution >= 0.6 is 11.6 Å². The highest BCUT2D eigenvalue weighted by Gasteiger charge is 2.24. The lowest BCUT2D eigenvalue weighted by molar-refractivity contribution is -0.116. The fraction of sp³-hybridized carbons (Fsp3) is 0.235. The first-order valence-corrected chi connectivity index (χ1v) is 7.43. The van der Waals surface area contributed by atoms with Gasteiger partial charge in [0.25, 0.3) is 0 Å². The van der Waals surface area contributed by atoms with E-state index in [2.05, 4.69) is 16.7 Å². The molecular formula is C17H17ClN2O. The lowest BCUT2D eigenvalue weighted by atomic mass is 10.1. The predicted octanol–water partition coefficient (Wildman–Crippen LogP) is 4.01. The molecule has 1 heterocycles. The van der Waals surface area contributed by atoms with Gasteiger partial charge in [0.05, 0.1) is 10.7 Å². The maximum atomic E-state index is 12.4. The van der Waals surface area contributed by atoms with Crippen LogP contribution in [0.15, 0.2) is 42.5 Å². The third kappa shape index (κ3) is 2.88. The maximum absolute atomic E-state index is 12.4. The Morgan fingerprint density at radius 1 is 1.19 bits per heavy atom. The summed E-state index contributed by atoms with van der Waals surface area (Å²) in [6.45, 7) is 1.98. The first-order chi connectivity index (χ1) is 10.1. The summed E-state index contributed by atoms with van der Waals surface area (Å²) in [5.41, 5.74) is 3.95. The molecule has 0 saturated heterocycles. The molecule has 4 heteroatoms. The molecule has 0 radical (unpaired) electrons. The van der Waals surface area contributed by atoms with Gasteiger partial charge in [-0.15, -0.1) is 0 Å². The van der Waals surface area contributed by atoms with Gasteiger partial charge in [-0.3, -0.25) is 4.79 Å².